The van der Waals surface area contributed by atoms with Gasteiger partial charge in [-0.05, 0) is 90.7 Å². The Balaban J connectivity index is 1.34. The first-order valence-corrected chi connectivity index (χ1v) is 14.2. The highest BCUT2D eigenvalue weighted by atomic mass is 35.5. The van der Waals surface area contributed by atoms with E-state index in [0.29, 0.717) is 23.0 Å². The highest BCUT2D eigenvalue weighted by Crippen LogP contribution is 2.37. The molecule has 0 amide bonds. The zero-order valence-electron chi connectivity index (χ0n) is 20.0. The van der Waals surface area contributed by atoms with Crippen LogP contribution in [0.2, 0.25) is 10.0 Å². The minimum absolute atomic E-state index is 0.442. The summed E-state index contributed by atoms with van der Waals surface area (Å²) in [7, 11) is 1.88. The van der Waals surface area contributed by atoms with Crippen LogP contribution in [0.15, 0.2) is 35.0 Å². The van der Waals surface area contributed by atoms with Crippen LogP contribution in [0.3, 0.4) is 0 Å². The summed E-state index contributed by atoms with van der Waals surface area (Å²) in [6.07, 6.45) is 6.69. The molecule has 2 unspecified atom stereocenters. The molecule has 6 heteroatoms. The van der Waals surface area contributed by atoms with Crippen molar-refractivity contribution in [1.82, 2.24) is 9.80 Å². The van der Waals surface area contributed by atoms with E-state index in [1.165, 1.54) is 62.9 Å². The van der Waals surface area contributed by atoms with Crippen molar-refractivity contribution in [3.05, 3.63) is 56.2 Å². The Labute approximate surface area is 214 Å². The van der Waals surface area contributed by atoms with Crippen LogP contribution < -0.4 is 0 Å². The summed E-state index contributed by atoms with van der Waals surface area (Å²) < 4.78 is 5.72. The third-order valence-corrected chi connectivity index (χ3v) is 8.93. The van der Waals surface area contributed by atoms with E-state index >= 15 is 0 Å². The molecule has 4 rings (SSSR count). The second-order valence-electron chi connectivity index (χ2n) is 9.98. The monoisotopic (exact) mass is 508 g/mol. The van der Waals surface area contributed by atoms with E-state index in [9.17, 15) is 0 Å². The van der Waals surface area contributed by atoms with Gasteiger partial charge in [0.25, 0.3) is 0 Å². The SMILES string of the molecule is CCC[C@@H](CC1CCN(CC2CN(Cc3ccc(Cl)cc3Cl)CC2c2ccsc2)CC1)OC. The van der Waals surface area contributed by atoms with Gasteiger partial charge >= 0.3 is 0 Å². The number of benzene rings is 1. The minimum Gasteiger partial charge on any atom is -0.381 e. The topological polar surface area (TPSA) is 15.7 Å². The van der Waals surface area contributed by atoms with E-state index in [0.717, 1.165) is 30.6 Å². The fourth-order valence-corrected chi connectivity index (χ4v) is 6.98. The number of hydrogen-bond acceptors (Lipinski definition) is 4. The molecule has 3 atom stereocenters. The van der Waals surface area contributed by atoms with Crippen LogP contribution >= 0.6 is 34.5 Å². The highest BCUT2D eigenvalue weighted by molar-refractivity contribution is 7.08. The molecule has 33 heavy (non-hydrogen) atoms. The van der Waals surface area contributed by atoms with Crippen molar-refractivity contribution in [3.63, 3.8) is 0 Å². The van der Waals surface area contributed by atoms with E-state index < -0.39 is 0 Å². The van der Waals surface area contributed by atoms with Crippen molar-refractivity contribution in [2.75, 3.05) is 39.8 Å². The Morgan fingerprint density at radius 3 is 2.61 bits per heavy atom. The van der Waals surface area contributed by atoms with Crippen molar-refractivity contribution >= 4 is 34.5 Å². The van der Waals surface area contributed by atoms with Crippen LogP contribution in [0.4, 0.5) is 0 Å². The van der Waals surface area contributed by atoms with Crippen molar-refractivity contribution < 1.29 is 4.74 Å². The second-order valence-corrected chi connectivity index (χ2v) is 11.6. The number of rotatable bonds is 10. The minimum atomic E-state index is 0.442. The number of methoxy groups -OCH3 is 1. The Hall–Kier alpha value is -0.620. The van der Waals surface area contributed by atoms with Gasteiger partial charge in [0.05, 0.1) is 6.10 Å². The first-order valence-electron chi connectivity index (χ1n) is 12.5. The Morgan fingerprint density at radius 2 is 1.94 bits per heavy atom. The van der Waals surface area contributed by atoms with Crippen LogP contribution in [0.25, 0.3) is 0 Å². The van der Waals surface area contributed by atoms with Gasteiger partial charge in [-0.25, -0.2) is 0 Å². The third kappa shape index (κ3) is 6.96. The molecule has 3 nitrogen and oxygen atoms in total. The number of halogens is 2. The highest BCUT2D eigenvalue weighted by Gasteiger charge is 2.36. The van der Waals surface area contributed by atoms with E-state index in [4.69, 9.17) is 27.9 Å². The van der Waals surface area contributed by atoms with Crippen molar-refractivity contribution in [2.24, 2.45) is 11.8 Å². The maximum atomic E-state index is 6.49. The van der Waals surface area contributed by atoms with Gasteiger partial charge in [-0.3, -0.25) is 4.90 Å². The van der Waals surface area contributed by atoms with E-state index in [2.05, 4.69) is 39.6 Å². The van der Waals surface area contributed by atoms with E-state index in [-0.39, 0.29) is 0 Å². The number of piperidine rings is 1. The van der Waals surface area contributed by atoms with Crippen LogP contribution in [0.1, 0.15) is 56.1 Å². The van der Waals surface area contributed by atoms with Crippen LogP contribution in [-0.4, -0.2) is 55.7 Å². The molecule has 0 aliphatic carbocycles. The molecule has 2 aromatic rings. The van der Waals surface area contributed by atoms with Gasteiger partial charge < -0.3 is 9.64 Å². The van der Waals surface area contributed by atoms with Gasteiger partial charge in [0, 0.05) is 49.3 Å². The van der Waals surface area contributed by atoms with Gasteiger partial charge in [-0.1, -0.05) is 42.6 Å². The van der Waals surface area contributed by atoms with Crippen molar-refractivity contribution in [3.8, 4) is 0 Å². The largest absolute Gasteiger partial charge is 0.381 e. The van der Waals surface area contributed by atoms with Crippen LogP contribution in [0, 0.1) is 11.8 Å². The molecular formula is C27H38Cl2N2OS. The van der Waals surface area contributed by atoms with Gasteiger partial charge in [0.2, 0.25) is 0 Å². The molecule has 0 N–H and O–H groups in total. The molecule has 2 aliphatic rings. The summed E-state index contributed by atoms with van der Waals surface area (Å²) in [4.78, 5) is 5.31. The zero-order chi connectivity index (χ0) is 23.2. The quantitative estimate of drug-likeness (QED) is 0.337. The molecule has 2 saturated heterocycles. The normalized spacial score (nSPS) is 23.9. The Bertz CT molecular complexity index is 854. The summed E-state index contributed by atoms with van der Waals surface area (Å²) in [5, 5.41) is 6.05. The molecule has 1 aromatic heterocycles. The molecule has 2 fully saturated rings. The third-order valence-electron chi connectivity index (χ3n) is 7.64. The number of thiophene rings is 1. The van der Waals surface area contributed by atoms with Crippen molar-refractivity contribution in [2.45, 2.75) is 57.6 Å². The van der Waals surface area contributed by atoms with E-state index in [1.54, 1.807) is 0 Å². The lowest BCUT2D eigenvalue weighted by Crippen LogP contribution is -2.39. The van der Waals surface area contributed by atoms with Gasteiger partial charge in [-0.2, -0.15) is 11.3 Å². The molecule has 1 aromatic carbocycles. The average Bonchev–Trinajstić information content (AvgIpc) is 3.47. The van der Waals surface area contributed by atoms with Crippen molar-refractivity contribution in [1.29, 1.82) is 0 Å². The van der Waals surface area contributed by atoms with Gasteiger partial charge in [0.15, 0.2) is 0 Å². The first-order chi connectivity index (χ1) is 16.1. The molecular weight excluding hydrogens is 471 g/mol. The lowest BCUT2D eigenvalue weighted by Gasteiger charge is -2.35. The lowest BCUT2D eigenvalue weighted by atomic mass is 9.87. The number of hydrogen-bond donors (Lipinski definition) is 0. The van der Waals surface area contributed by atoms with Gasteiger partial charge in [0.1, 0.15) is 0 Å². The predicted octanol–water partition coefficient (Wildman–Crippen LogP) is 7.19. The number of likely N-dealkylation sites (tertiary alicyclic amines) is 2. The van der Waals surface area contributed by atoms with E-state index in [1.807, 2.05) is 30.6 Å². The molecule has 0 saturated carbocycles. The second kappa shape index (κ2) is 12.4. The average molecular weight is 510 g/mol. The van der Waals surface area contributed by atoms with Gasteiger partial charge in [-0.15, -0.1) is 0 Å². The summed E-state index contributed by atoms with van der Waals surface area (Å²) >= 11 is 14.4. The molecule has 2 aliphatic heterocycles. The number of nitrogens with zero attached hydrogens (tertiary/aromatic N) is 2. The summed E-state index contributed by atoms with van der Waals surface area (Å²) in [6, 6.07) is 8.22. The summed E-state index contributed by atoms with van der Waals surface area (Å²) in [6.45, 7) is 9.02. The maximum Gasteiger partial charge on any atom is 0.0574 e. The Morgan fingerprint density at radius 1 is 1.12 bits per heavy atom. The molecule has 0 bridgehead atoms. The Kier molecular flexibility index (Phi) is 9.55. The van der Waals surface area contributed by atoms with Crippen LogP contribution in [-0.2, 0) is 11.3 Å². The van der Waals surface area contributed by atoms with Crippen LogP contribution in [0.5, 0.6) is 0 Å². The fraction of sp³-hybridized carbons (Fsp3) is 0.630. The predicted molar refractivity (Wildman–Crippen MR) is 142 cm³/mol. The summed E-state index contributed by atoms with van der Waals surface area (Å²) in [5.74, 6) is 2.08. The molecule has 0 spiro atoms. The number of ether oxygens (including phenoxy) is 1. The lowest BCUT2D eigenvalue weighted by molar-refractivity contribution is 0.0559. The molecule has 0 radical (unpaired) electrons. The maximum absolute atomic E-state index is 6.49. The molecule has 3 heterocycles. The first kappa shape index (κ1) is 25.5. The summed E-state index contributed by atoms with van der Waals surface area (Å²) in [5.41, 5.74) is 2.68. The fourth-order valence-electron chi connectivity index (χ4n) is 5.79. The zero-order valence-corrected chi connectivity index (χ0v) is 22.3. The smallest absolute Gasteiger partial charge is 0.0574 e. The molecule has 182 valence electrons. The standard InChI is InChI=1S/C27H38Cl2N2OS/c1-3-4-25(32-2)13-20-7-10-30(11-8-20)16-23-17-31(18-26(23)22-9-12-33-19-22)15-21-5-6-24(28)14-27(21)29/h5-6,9,12,14,19-20,23,25-26H,3-4,7-8,10-11,13,15-18H2,1-2H3/t23?,25-,26?/m0/s1.